The Bertz CT molecular complexity index is 1280. The summed E-state index contributed by atoms with van der Waals surface area (Å²) in [6.45, 7) is 6.60. The van der Waals surface area contributed by atoms with Crippen molar-refractivity contribution in [2.24, 2.45) is 0 Å². The molecule has 0 amide bonds. The van der Waals surface area contributed by atoms with Crippen LogP contribution in [0.4, 0.5) is 0 Å². The molecule has 6 heteroatoms. The lowest BCUT2D eigenvalue weighted by Crippen LogP contribution is -2.30. The van der Waals surface area contributed by atoms with Crippen molar-refractivity contribution >= 4 is 17.9 Å². The van der Waals surface area contributed by atoms with E-state index in [0.717, 1.165) is 89.9 Å². The molecule has 0 spiro atoms. The first-order chi connectivity index (χ1) is 36.5. The van der Waals surface area contributed by atoms with Crippen LogP contribution in [0.3, 0.4) is 0 Å². The summed E-state index contributed by atoms with van der Waals surface area (Å²) in [5, 5.41) is 0. The highest BCUT2D eigenvalue weighted by atomic mass is 16.6. The zero-order valence-electron chi connectivity index (χ0n) is 49.6. The molecule has 0 N–H and O–H groups in total. The first kappa shape index (κ1) is 71.4. The van der Waals surface area contributed by atoms with Crippen LogP contribution in [0.1, 0.15) is 348 Å². The smallest absolute Gasteiger partial charge is 0.306 e. The molecule has 0 radical (unpaired) electrons. The van der Waals surface area contributed by atoms with Crippen LogP contribution in [0.25, 0.3) is 0 Å². The van der Waals surface area contributed by atoms with Crippen LogP contribution in [-0.4, -0.2) is 37.2 Å². The van der Waals surface area contributed by atoms with Crippen molar-refractivity contribution in [2.45, 2.75) is 354 Å². The Kier molecular flexibility index (Phi) is 60.7. The number of esters is 3. The number of allylic oxidation sites excluding steroid dienone is 8. The van der Waals surface area contributed by atoms with Gasteiger partial charge in [0, 0.05) is 19.3 Å². The molecule has 0 aromatic carbocycles. The molecule has 0 aromatic rings. The summed E-state index contributed by atoms with van der Waals surface area (Å²) in [6.07, 6.45) is 78.7. The molecule has 0 aliphatic rings. The summed E-state index contributed by atoms with van der Waals surface area (Å²) in [5.41, 5.74) is 0. The first-order valence-corrected chi connectivity index (χ1v) is 32.6. The average molecular weight is 1040 g/mol. The maximum absolute atomic E-state index is 12.8. The third-order valence-corrected chi connectivity index (χ3v) is 14.6. The van der Waals surface area contributed by atoms with Gasteiger partial charge in [-0.2, -0.15) is 0 Å². The number of carbonyl (C=O) groups is 3. The van der Waals surface area contributed by atoms with E-state index in [2.05, 4.69) is 69.4 Å². The fourth-order valence-electron chi connectivity index (χ4n) is 9.61. The molecule has 0 bridgehead atoms. The topological polar surface area (TPSA) is 78.9 Å². The standard InChI is InChI=1S/C68H124O6/c1-4-7-10-13-16-19-21-23-25-26-27-28-29-30-31-32-33-34-35-36-37-38-39-40-41-42-43-45-46-49-52-55-58-61-67(70)73-64-65(63-72-66(69)60-57-54-51-48-18-15-12-9-6-3)74-68(71)62-59-56-53-50-47-44-24-22-20-17-14-11-8-5-2/h14,17,21-24,26-27,65H,4-13,15-16,18-20,25,28-64H2,1-3H3/b17-14-,23-21-,24-22-,27-26-. The number of hydrogen-bond acceptors (Lipinski definition) is 6. The van der Waals surface area contributed by atoms with Gasteiger partial charge < -0.3 is 14.2 Å². The van der Waals surface area contributed by atoms with Crippen molar-refractivity contribution in [3.05, 3.63) is 48.6 Å². The fraction of sp³-hybridized carbons (Fsp3) is 0.838. The molecule has 0 rings (SSSR count). The van der Waals surface area contributed by atoms with Crippen LogP contribution in [0.2, 0.25) is 0 Å². The van der Waals surface area contributed by atoms with E-state index in [1.165, 1.54) is 218 Å². The van der Waals surface area contributed by atoms with Gasteiger partial charge in [0.25, 0.3) is 0 Å². The predicted molar refractivity (Wildman–Crippen MR) is 321 cm³/mol. The maximum Gasteiger partial charge on any atom is 0.306 e. The summed E-state index contributed by atoms with van der Waals surface area (Å²) in [7, 11) is 0. The van der Waals surface area contributed by atoms with Crippen molar-refractivity contribution < 1.29 is 28.6 Å². The summed E-state index contributed by atoms with van der Waals surface area (Å²) in [6, 6.07) is 0. The molecular weight excluding hydrogens is 913 g/mol. The lowest BCUT2D eigenvalue weighted by atomic mass is 10.0. The SMILES string of the molecule is CCCC/C=C\C/C=C\CCCCCCCC(=O)OC(COC(=O)CCCCCCCCCCC)COC(=O)CCCCCCCCCCCCCCCCCCCCCCC/C=C\C/C=C\CCCCCCC. The second kappa shape index (κ2) is 62.9. The number of hydrogen-bond donors (Lipinski definition) is 0. The normalized spacial score (nSPS) is 12.3. The molecule has 432 valence electrons. The van der Waals surface area contributed by atoms with Crippen molar-refractivity contribution in [2.75, 3.05) is 13.2 Å². The summed E-state index contributed by atoms with van der Waals surface area (Å²) in [5.74, 6) is -0.874. The van der Waals surface area contributed by atoms with Crippen molar-refractivity contribution in [1.29, 1.82) is 0 Å². The summed E-state index contributed by atoms with van der Waals surface area (Å²) < 4.78 is 16.8. The van der Waals surface area contributed by atoms with Crippen LogP contribution >= 0.6 is 0 Å². The van der Waals surface area contributed by atoms with E-state index in [1.807, 2.05) is 0 Å². The van der Waals surface area contributed by atoms with E-state index in [-0.39, 0.29) is 31.1 Å². The zero-order chi connectivity index (χ0) is 53.6. The summed E-state index contributed by atoms with van der Waals surface area (Å²) in [4.78, 5) is 38.1. The third kappa shape index (κ3) is 60.2. The fourth-order valence-corrected chi connectivity index (χ4v) is 9.61. The van der Waals surface area contributed by atoms with Gasteiger partial charge in [-0.15, -0.1) is 0 Å². The van der Waals surface area contributed by atoms with Gasteiger partial charge in [-0.3, -0.25) is 14.4 Å². The van der Waals surface area contributed by atoms with E-state index in [0.29, 0.717) is 19.3 Å². The van der Waals surface area contributed by atoms with Crippen LogP contribution < -0.4 is 0 Å². The van der Waals surface area contributed by atoms with Gasteiger partial charge in [-0.05, 0) is 77.0 Å². The van der Waals surface area contributed by atoms with E-state index >= 15 is 0 Å². The minimum Gasteiger partial charge on any atom is -0.462 e. The van der Waals surface area contributed by atoms with E-state index in [4.69, 9.17) is 14.2 Å². The second-order valence-electron chi connectivity index (χ2n) is 22.0. The largest absolute Gasteiger partial charge is 0.462 e. The van der Waals surface area contributed by atoms with Gasteiger partial charge in [-0.1, -0.05) is 301 Å². The maximum atomic E-state index is 12.8. The number of ether oxygens (including phenoxy) is 3. The van der Waals surface area contributed by atoms with E-state index < -0.39 is 6.10 Å². The van der Waals surface area contributed by atoms with Crippen LogP contribution in [0.15, 0.2) is 48.6 Å². The van der Waals surface area contributed by atoms with Gasteiger partial charge >= 0.3 is 17.9 Å². The highest BCUT2D eigenvalue weighted by Gasteiger charge is 2.19. The molecule has 1 atom stereocenters. The Labute approximate surface area is 460 Å². The van der Waals surface area contributed by atoms with Crippen LogP contribution in [0, 0.1) is 0 Å². The van der Waals surface area contributed by atoms with E-state index in [1.54, 1.807) is 0 Å². The number of carbonyl (C=O) groups excluding carboxylic acids is 3. The van der Waals surface area contributed by atoms with Gasteiger partial charge in [-0.25, -0.2) is 0 Å². The highest BCUT2D eigenvalue weighted by Crippen LogP contribution is 2.17. The third-order valence-electron chi connectivity index (χ3n) is 14.6. The first-order valence-electron chi connectivity index (χ1n) is 32.6. The molecule has 0 fully saturated rings. The van der Waals surface area contributed by atoms with Crippen LogP contribution in [0.5, 0.6) is 0 Å². The number of rotatable bonds is 60. The summed E-state index contributed by atoms with van der Waals surface area (Å²) >= 11 is 0. The average Bonchev–Trinajstić information content (AvgIpc) is 3.40. The monoisotopic (exact) mass is 1040 g/mol. The van der Waals surface area contributed by atoms with E-state index in [9.17, 15) is 14.4 Å². The molecule has 0 aromatic heterocycles. The van der Waals surface area contributed by atoms with Gasteiger partial charge in [0.1, 0.15) is 13.2 Å². The zero-order valence-corrected chi connectivity index (χ0v) is 49.6. The molecule has 6 nitrogen and oxygen atoms in total. The predicted octanol–water partition coefficient (Wildman–Crippen LogP) is 22.2. The molecular formula is C68H124O6. The van der Waals surface area contributed by atoms with Gasteiger partial charge in [0.2, 0.25) is 0 Å². The Morgan fingerprint density at radius 3 is 0.784 bits per heavy atom. The molecule has 1 unspecified atom stereocenters. The Morgan fingerprint density at radius 2 is 0.500 bits per heavy atom. The molecule has 0 aliphatic carbocycles. The molecule has 0 saturated heterocycles. The Balaban J connectivity index is 4.00. The second-order valence-corrected chi connectivity index (χ2v) is 22.0. The Morgan fingerprint density at radius 1 is 0.270 bits per heavy atom. The molecule has 74 heavy (non-hydrogen) atoms. The quantitative estimate of drug-likeness (QED) is 0.0261. The van der Waals surface area contributed by atoms with Crippen molar-refractivity contribution in [1.82, 2.24) is 0 Å². The molecule has 0 aliphatic heterocycles. The number of unbranched alkanes of at least 4 members (excludes halogenated alkanes) is 41. The molecule has 0 heterocycles. The van der Waals surface area contributed by atoms with Crippen molar-refractivity contribution in [3.63, 3.8) is 0 Å². The minimum atomic E-state index is -0.775. The minimum absolute atomic E-state index is 0.0742. The van der Waals surface area contributed by atoms with Gasteiger partial charge in [0.15, 0.2) is 6.10 Å². The lowest BCUT2D eigenvalue weighted by molar-refractivity contribution is -0.167. The lowest BCUT2D eigenvalue weighted by Gasteiger charge is -2.18. The van der Waals surface area contributed by atoms with Crippen molar-refractivity contribution in [3.8, 4) is 0 Å². The molecule has 0 saturated carbocycles. The van der Waals surface area contributed by atoms with Crippen LogP contribution in [-0.2, 0) is 28.6 Å². The Hall–Kier alpha value is -2.63. The highest BCUT2D eigenvalue weighted by molar-refractivity contribution is 5.71. The van der Waals surface area contributed by atoms with Gasteiger partial charge in [0.05, 0.1) is 0 Å².